The van der Waals surface area contributed by atoms with Gasteiger partial charge in [0.1, 0.15) is 16.7 Å². The monoisotopic (exact) mass is 767 g/mol. The van der Waals surface area contributed by atoms with Crippen molar-refractivity contribution < 1.29 is 9.15 Å². The summed E-state index contributed by atoms with van der Waals surface area (Å²) < 4.78 is 13.7. The maximum absolute atomic E-state index is 6.92. The molecule has 0 saturated heterocycles. The third-order valence-corrected chi connectivity index (χ3v) is 12.3. The fourth-order valence-electron chi connectivity index (χ4n) is 9.63. The van der Waals surface area contributed by atoms with Gasteiger partial charge in [-0.25, -0.2) is 0 Å². The largest absolute Gasteiger partial charge is 0.455 e. The summed E-state index contributed by atoms with van der Waals surface area (Å²) in [5.41, 5.74) is 16.2. The Morgan fingerprint density at radius 3 is 1.67 bits per heavy atom. The van der Waals surface area contributed by atoms with Gasteiger partial charge in [0.15, 0.2) is 11.5 Å². The van der Waals surface area contributed by atoms with Crippen LogP contribution in [0, 0.1) is 0 Å². The Balaban J connectivity index is 1.04. The topological polar surface area (TPSA) is 25.6 Å². The lowest BCUT2D eigenvalue weighted by Crippen LogP contribution is -2.31. The number of hydrogen-bond donors (Lipinski definition) is 0. The first kappa shape index (κ1) is 34.2. The number of para-hydroxylation sites is 2. The predicted octanol–water partition coefficient (Wildman–Crippen LogP) is 15.4. The number of hydrogen-bond acceptors (Lipinski definition) is 3. The van der Waals surface area contributed by atoms with Crippen molar-refractivity contribution in [2.45, 2.75) is 5.41 Å². The fourth-order valence-corrected chi connectivity index (χ4v) is 9.63. The van der Waals surface area contributed by atoms with E-state index < -0.39 is 5.41 Å². The summed E-state index contributed by atoms with van der Waals surface area (Å²) in [5.74, 6) is 2.45. The SMILES string of the molecule is c1ccc(-c2cccc(-c3ccc(N(c4cccc(-c5ccccc5)c4)c4ccc5c(c4)-c4ccccc4[C@]54c5ccccc5Oc5c4oc4ccccc54)cc3)c2)cc1. The highest BCUT2D eigenvalue weighted by Crippen LogP contribution is 2.64. The molecule has 12 rings (SSSR count). The number of rotatable bonds is 6. The highest BCUT2D eigenvalue weighted by Gasteiger charge is 2.54. The molecule has 0 amide bonds. The Kier molecular flexibility index (Phi) is 7.76. The molecule has 0 N–H and O–H groups in total. The van der Waals surface area contributed by atoms with Crippen LogP contribution in [0.25, 0.3) is 55.5 Å². The summed E-state index contributed by atoms with van der Waals surface area (Å²) in [4.78, 5) is 2.38. The van der Waals surface area contributed by atoms with E-state index in [1.165, 1.54) is 50.1 Å². The van der Waals surface area contributed by atoms with Crippen molar-refractivity contribution in [2.75, 3.05) is 4.90 Å². The number of ether oxygens (including phenoxy) is 1. The van der Waals surface area contributed by atoms with Crippen molar-refractivity contribution in [3.8, 4) is 56.0 Å². The molecule has 2 aliphatic rings. The molecule has 60 heavy (non-hydrogen) atoms. The second-order valence-electron chi connectivity index (χ2n) is 15.6. The van der Waals surface area contributed by atoms with E-state index in [9.17, 15) is 0 Å². The summed E-state index contributed by atoms with van der Waals surface area (Å²) in [6.45, 7) is 0. The minimum Gasteiger partial charge on any atom is -0.455 e. The minimum absolute atomic E-state index is 0.707. The van der Waals surface area contributed by atoms with Crippen LogP contribution >= 0.6 is 0 Å². The van der Waals surface area contributed by atoms with Crippen LogP contribution in [0.5, 0.6) is 11.5 Å². The average molecular weight is 768 g/mol. The third kappa shape index (κ3) is 5.23. The molecule has 1 aliphatic heterocycles. The lowest BCUT2D eigenvalue weighted by Gasteiger charge is -2.36. The van der Waals surface area contributed by atoms with Gasteiger partial charge < -0.3 is 14.1 Å². The Bertz CT molecular complexity index is 3240. The zero-order valence-corrected chi connectivity index (χ0v) is 32.6. The van der Waals surface area contributed by atoms with E-state index in [1.807, 2.05) is 18.2 Å². The Hall–Kier alpha value is -7.88. The highest BCUT2D eigenvalue weighted by atomic mass is 16.5. The molecule has 0 unspecified atom stereocenters. The molecular formula is C57H37NO2. The van der Waals surface area contributed by atoms with Crippen LogP contribution in [0.15, 0.2) is 229 Å². The molecule has 1 atom stereocenters. The second kappa shape index (κ2) is 13.6. The number of fused-ring (bicyclic) bond motifs is 11. The van der Waals surface area contributed by atoms with Gasteiger partial charge in [-0.3, -0.25) is 0 Å². The van der Waals surface area contributed by atoms with Crippen LogP contribution in [-0.4, -0.2) is 0 Å². The van der Waals surface area contributed by atoms with E-state index in [2.05, 4.69) is 211 Å². The summed E-state index contributed by atoms with van der Waals surface area (Å²) in [6, 6.07) is 80.2. The molecule has 0 bridgehead atoms. The van der Waals surface area contributed by atoms with Crippen molar-refractivity contribution in [2.24, 2.45) is 0 Å². The van der Waals surface area contributed by atoms with Gasteiger partial charge in [-0.15, -0.1) is 0 Å². The van der Waals surface area contributed by atoms with Crippen molar-refractivity contribution >= 4 is 28.0 Å². The first-order valence-electron chi connectivity index (χ1n) is 20.5. The van der Waals surface area contributed by atoms with Gasteiger partial charge >= 0.3 is 0 Å². The molecule has 3 nitrogen and oxygen atoms in total. The van der Waals surface area contributed by atoms with Gasteiger partial charge in [0.2, 0.25) is 0 Å². The summed E-state index contributed by atoms with van der Waals surface area (Å²) >= 11 is 0. The van der Waals surface area contributed by atoms with E-state index >= 15 is 0 Å². The maximum Gasteiger partial charge on any atom is 0.178 e. The lowest BCUT2D eigenvalue weighted by atomic mass is 9.69. The van der Waals surface area contributed by atoms with Crippen LogP contribution in [0.4, 0.5) is 17.1 Å². The number of nitrogens with zero attached hydrogens (tertiary/aromatic N) is 1. The van der Waals surface area contributed by atoms with Gasteiger partial charge in [-0.2, -0.15) is 0 Å². The molecule has 2 heterocycles. The third-order valence-electron chi connectivity index (χ3n) is 12.3. The van der Waals surface area contributed by atoms with E-state index in [4.69, 9.17) is 9.15 Å². The Morgan fingerprint density at radius 1 is 0.350 bits per heavy atom. The predicted molar refractivity (Wildman–Crippen MR) is 245 cm³/mol. The highest BCUT2D eigenvalue weighted by molar-refractivity contribution is 5.95. The molecule has 1 spiro atoms. The van der Waals surface area contributed by atoms with Crippen molar-refractivity contribution in [1.82, 2.24) is 0 Å². The number of anilines is 3. The van der Waals surface area contributed by atoms with Crippen LogP contribution < -0.4 is 9.64 Å². The Labute approximate surface area is 349 Å². The molecular weight excluding hydrogens is 731 g/mol. The Morgan fingerprint density at radius 2 is 0.900 bits per heavy atom. The molecule has 1 aliphatic carbocycles. The van der Waals surface area contributed by atoms with Gasteiger partial charge in [0, 0.05) is 22.6 Å². The van der Waals surface area contributed by atoms with Crippen molar-refractivity contribution in [3.63, 3.8) is 0 Å². The van der Waals surface area contributed by atoms with Crippen LogP contribution in [0.1, 0.15) is 22.5 Å². The van der Waals surface area contributed by atoms with Gasteiger partial charge in [0.05, 0.1) is 5.39 Å². The van der Waals surface area contributed by atoms with Gasteiger partial charge in [0.25, 0.3) is 0 Å². The van der Waals surface area contributed by atoms with E-state index in [0.29, 0.717) is 0 Å². The smallest absolute Gasteiger partial charge is 0.178 e. The quantitative estimate of drug-likeness (QED) is 0.168. The first-order valence-corrected chi connectivity index (χ1v) is 20.5. The molecule has 1 aromatic heterocycles. The molecule has 9 aromatic carbocycles. The van der Waals surface area contributed by atoms with Crippen LogP contribution in [-0.2, 0) is 5.41 Å². The fraction of sp³-hybridized carbons (Fsp3) is 0.0175. The van der Waals surface area contributed by atoms with Crippen LogP contribution in [0.2, 0.25) is 0 Å². The molecule has 3 heteroatoms. The normalized spacial score (nSPS) is 14.5. The lowest BCUT2D eigenvalue weighted by molar-refractivity contribution is 0.389. The summed E-state index contributed by atoms with van der Waals surface area (Å²) in [5, 5.41) is 0.976. The second-order valence-corrected chi connectivity index (χ2v) is 15.6. The van der Waals surface area contributed by atoms with Crippen molar-refractivity contribution in [1.29, 1.82) is 0 Å². The standard InChI is InChI=1S/C57H37NO2/c1-3-15-38(16-4-1)41-19-13-20-42(35-41)40-29-31-44(32-30-40)58(45-22-14-21-43(36-45)39-17-5-2-6-18-39)46-33-34-51-49(37-46)47-23-7-9-25-50(47)57(51)52-26-10-12-28-54(52)59-55-48-24-8-11-27-53(48)60-56(55)57/h1-37H/t57-/m1/s1. The molecule has 0 fully saturated rings. The zero-order chi connectivity index (χ0) is 39.6. The van der Waals surface area contributed by atoms with Crippen LogP contribution in [0.3, 0.4) is 0 Å². The number of furan rings is 1. The van der Waals surface area contributed by atoms with Gasteiger partial charge in [-0.05, 0) is 116 Å². The number of benzene rings is 9. The average Bonchev–Trinajstić information content (AvgIpc) is 3.84. The van der Waals surface area contributed by atoms with E-state index in [-0.39, 0.29) is 0 Å². The minimum atomic E-state index is -0.707. The molecule has 0 saturated carbocycles. The summed E-state index contributed by atoms with van der Waals surface area (Å²) in [7, 11) is 0. The van der Waals surface area contributed by atoms with Crippen molar-refractivity contribution in [3.05, 3.63) is 247 Å². The van der Waals surface area contributed by atoms with E-state index in [0.717, 1.165) is 56.4 Å². The first-order chi connectivity index (χ1) is 29.7. The molecule has 282 valence electrons. The van der Waals surface area contributed by atoms with Gasteiger partial charge in [-0.1, -0.05) is 164 Å². The zero-order valence-electron chi connectivity index (χ0n) is 32.6. The maximum atomic E-state index is 6.92. The molecule has 0 radical (unpaired) electrons. The van der Waals surface area contributed by atoms with E-state index in [1.54, 1.807) is 0 Å². The summed E-state index contributed by atoms with van der Waals surface area (Å²) in [6.07, 6.45) is 0. The molecule has 10 aromatic rings.